The summed E-state index contributed by atoms with van der Waals surface area (Å²) in [6.07, 6.45) is 8.61. The van der Waals surface area contributed by atoms with Crippen LogP contribution in [0.15, 0.2) is 82.6 Å². The second-order valence-corrected chi connectivity index (χ2v) is 15.7. The zero-order chi connectivity index (χ0) is 40.4. The van der Waals surface area contributed by atoms with Crippen LogP contribution in [0.1, 0.15) is 36.8 Å². The zero-order valence-electron chi connectivity index (χ0n) is 31.0. The molecule has 0 bridgehead atoms. The van der Waals surface area contributed by atoms with E-state index in [1.807, 2.05) is 18.3 Å². The smallest absolute Gasteiger partial charge is 0.475 e. The predicted octanol–water partition coefficient (Wildman–Crippen LogP) is 5.34. The Bertz CT molecular complexity index is 2540. The van der Waals surface area contributed by atoms with E-state index in [0.29, 0.717) is 48.9 Å². The molecule has 2 atom stereocenters. The first kappa shape index (κ1) is 39.2. The topological polar surface area (TPSA) is 163 Å². The third-order valence-corrected chi connectivity index (χ3v) is 11.3. The van der Waals surface area contributed by atoms with Gasteiger partial charge in [0.1, 0.15) is 19.0 Å². The van der Waals surface area contributed by atoms with Crippen molar-refractivity contribution in [2.75, 3.05) is 26.4 Å². The Kier molecular flexibility index (Phi) is 11.1. The van der Waals surface area contributed by atoms with Crippen LogP contribution in [0.5, 0.6) is 17.5 Å². The van der Waals surface area contributed by atoms with Crippen LogP contribution in [0.3, 0.4) is 0 Å². The lowest BCUT2D eigenvalue weighted by molar-refractivity contribution is -0.0500. The summed E-state index contributed by atoms with van der Waals surface area (Å²) in [6.45, 7) is 2.98. The maximum atomic E-state index is 12.5. The monoisotopic (exact) mass is 821 g/mol. The van der Waals surface area contributed by atoms with Gasteiger partial charge in [-0.05, 0) is 85.0 Å². The van der Waals surface area contributed by atoms with Gasteiger partial charge in [-0.3, -0.25) is 14.1 Å². The van der Waals surface area contributed by atoms with E-state index in [1.165, 1.54) is 22.3 Å². The van der Waals surface area contributed by atoms with Crippen molar-refractivity contribution >= 4 is 10.1 Å². The van der Waals surface area contributed by atoms with Gasteiger partial charge in [0, 0.05) is 62.0 Å². The van der Waals surface area contributed by atoms with Gasteiger partial charge in [-0.25, -0.2) is 9.59 Å². The molecule has 0 saturated carbocycles. The van der Waals surface area contributed by atoms with Crippen molar-refractivity contribution < 1.29 is 44.7 Å². The van der Waals surface area contributed by atoms with Crippen molar-refractivity contribution in [3.8, 4) is 51.2 Å². The molecule has 18 heteroatoms. The number of ether oxygens (including phenoxy) is 4. The van der Waals surface area contributed by atoms with Gasteiger partial charge in [0.2, 0.25) is 11.8 Å². The number of fused-ring (bicyclic) bond motifs is 6. The number of pyridine rings is 1. The lowest BCUT2D eigenvalue weighted by atomic mass is 9.94. The first-order chi connectivity index (χ1) is 27.9. The van der Waals surface area contributed by atoms with Crippen molar-refractivity contribution in [2.24, 2.45) is 0 Å². The van der Waals surface area contributed by atoms with E-state index >= 15 is 0 Å². The van der Waals surface area contributed by atoms with Crippen molar-refractivity contribution in [3.63, 3.8) is 0 Å². The van der Waals surface area contributed by atoms with E-state index in [1.54, 1.807) is 16.8 Å². The highest BCUT2D eigenvalue weighted by Crippen LogP contribution is 2.35. The molecule has 9 rings (SSSR count). The number of halogens is 3. The Hall–Kier alpha value is -5.59. The highest BCUT2D eigenvalue weighted by molar-refractivity contribution is 7.88. The van der Waals surface area contributed by atoms with Crippen LogP contribution in [0.4, 0.5) is 13.2 Å². The van der Waals surface area contributed by atoms with Crippen LogP contribution in [0.25, 0.3) is 33.6 Å². The largest absolute Gasteiger partial charge is 0.534 e. The van der Waals surface area contributed by atoms with E-state index in [4.69, 9.17) is 18.9 Å². The zero-order valence-corrected chi connectivity index (χ0v) is 31.8. The molecule has 14 nitrogen and oxygen atoms in total. The van der Waals surface area contributed by atoms with Gasteiger partial charge in [-0.15, -0.1) is 0 Å². The average molecular weight is 822 g/mol. The molecule has 0 amide bonds. The van der Waals surface area contributed by atoms with Crippen LogP contribution >= 0.6 is 0 Å². The number of aromatic nitrogens is 5. The summed E-state index contributed by atoms with van der Waals surface area (Å²) in [5.41, 5.74) is 0.629. The quantitative estimate of drug-likeness (QED) is 0.139. The molecular weight excluding hydrogens is 784 g/mol. The summed E-state index contributed by atoms with van der Waals surface area (Å²) in [4.78, 5) is 37.1. The Morgan fingerprint density at radius 1 is 0.741 bits per heavy atom. The van der Waals surface area contributed by atoms with Crippen LogP contribution in [-0.4, -0.2) is 76.6 Å². The number of alkyl halides is 3. The summed E-state index contributed by atoms with van der Waals surface area (Å²) in [6, 6.07) is 17.5. The van der Waals surface area contributed by atoms with Crippen LogP contribution in [-0.2, 0) is 45.5 Å². The summed E-state index contributed by atoms with van der Waals surface area (Å²) in [7, 11) is -5.76. The lowest BCUT2D eigenvalue weighted by Gasteiger charge is -2.22. The minimum absolute atomic E-state index is 0.0619. The first-order valence-corrected chi connectivity index (χ1v) is 20.2. The number of rotatable bonds is 9. The highest BCUT2D eigenvalue weighted by Gasteiger charge is 2.48. The summed E-state index contributed by atoms with van der Waals surface area (Å²) >= 11 is 0. The van der Waals surface area contributed by atoms with Crippen molar-refractivity contribution in [2.45, 2.75) is 69.3 Å². The molecule has 7 heterocycles. The highest BCUT2D eigenvalue weighted by atomic mass is 32.2. The Morgan fingerprint density at radius 3 is 1.83 bits per heavy atom. The Morgan fingerprint density at radius 2 is 1.31 bits per heavy atom. The van der Waals surface area contributed by atoms with Gasteiger partial charge in [0.05, 0.1) is 23.6 Å². The van der Waals surface area contributed by atoms with E-state index in [2.05, 4.69) is 43.4 Å². The fourth-order valence-electron chi connectivity index (χ4n) is 7.38. The molecular formula is C40H38F3N5O9S. The van der Waals surface area contributed by atoms with E-state index in [9.17, 15) is 31.2 Å². The molecule has 58 heavy (non-hydrogen) atoms. The molecule has 2 fully saturated rings. The average Bonchev–Trinajstić information content (AvgIpc) is 3.94. The molecule has 0 radical (unpaired) electrons. The van der Waals surface area contributed by atoms with Crippen LogP contribution < -0.4 is 25.0 Å². The Labute approximate surface area is 330 Å². The number of aryl methyl sites for hydroxylation is 2. The molecule has 3 aromatic heterocycles. The minimum atomic E-state index is -5.76. The van der Waals surface area contributed by atoms with Crippen molar-refractivity contribution in [3.05, 3.63) is 105 Å². The van der Waals surface area contributed by atoms with E-state index in [0.717, 1.165) is 67.2 Å². The molecule has 5 aromatic rings. The third kappa shape index (κ3) is 8.49. The van der Waals surface area contributed by atoms with Crippen LogP contribution in [0, 0.1) is 0 Å². The standard InChI is InChI=1S/C22H21N3O3.C18H17F3N2O6S/c26-22-24-21(28-14-18-4-2-10-27-18)12-20-19-6-5-15(17-3-1-8-23-13-17)11-16(19)7-9-25(20)22;19-18(20,21)30(25,26)29-12-3-4-14-11(8-12)5-6-23-15(14)9-16(22-17(23)24)28-10-13-2-1-7-27-13/h1,3,5-6,8,11-13,18H,2,4,7,9-10,14H2;3-4,8-9,13H,1-2,5-7,10H2. The van der Waals surface area contributed by atoms with Gasteiger partial charge in [0.15, 0.2) is 0 Å². The predicted molar refractivity (Wildman–Crippen MR) is 203 cm³/mol. The number of hydrogen-bond acceptors (Lipinski definition) is 12. The summed E-state index contributed by atoms with van der Waals surface area (Å²) < 4.78 is 89.9. The maximum Gasteiger partial charge on any atom is 0.534 e. The summed E-state index contributed by atoms with van der Waals surface area (Å²) in [5.74, 6) is 0.0382. The molecule has 0 spiro atoms. The van der Waals surface area contributed by atoms with Gasteiger partial charge in [-0.2, -0.15) is 31.6 Å². The number of benzene rings is 2. The Balaban J connectivity index is 0.000000162. The fourth-order valence-corrected chi connectivity index (χ4v) is 7.84. The van der Waals surface area contributed by atoms with E-state index < -0.39 is 27.1 Å². The number of nitrogens with zero attached hydrogens (tertiary/aromatic N) is 5. The first-order valence-electron chi connectivity index (χ1n) is 18.8. The molecule has 0 aliphatic carbocycles. The van der Waals surface area contributed by atoms with Crippen molar-refractivity contribution in [1.29, 1.82) is 0 Å². The molecule has 4 aliphatic rings. The van der Waals surface area contributed by atoms with Gasteiger partial charge in [-0.1, -0.05) is 24.3 Å². The number of hydrogen-bond donors (Lipinski definition) is 0. The molecule has 4 aliphatic heterocycles. The molecule has 2 aromatic carbocycles. The molecule has 2 saturated heterocycles. The SMILES string of the molecule is O=c1nc(OCC2CCCO2)cc2n1CCc1cc(-c3cccnc3)ccc1-2.O=c1nc(OCC2CCCO2)cc2n1CCc1cc(OS(=O)(=O)C(F)(F)F)ccc1-2. The second-order valence-electron chi connectivity index (χ2n) is 14.1. The van der Waals surface area contributed by atoms with Gasteiger partial charge >= 0.3 is 27.0 Å². The third-order valence-electron chi connectivity index (χ3n) is 10.3. The normalized spacial score (nSPS) is 18.2. The van der Waals surface area contributed by atoms with Gasteiger partial charge in [0.25, 0.3) is 0 Å². The van der Waals surface area contributed by atoms with E-state index in [-0.39, 0.29) is 36.9 Å². The maximum absolute atomic E-state index is 12.5. The van der Waals surface area contributed by atoms with Crippen LogP contribution in [0.2, 0.25) is 0 Å². The molecule has 0 N–H and O–H groups in total. The summed E-state index contributed by atoms with van der Waals surface area (Å²) in [5, 5.41) is 0. The molecule has 2 unspecified atom stereocenters. The minimum Gasteiger partial charge on any atom is -0.475 e. The molecule has 304 valence electrons. The second kappa shape index (κ2) is 16.3. The van der Waals surface area contributed by atoms with Crippen molar-refractivity contribution in [1.82, 2.24) is 24.1 Å². The fraction of sp³-hybridized carbons (Fsp3) is 0.375. The van der Waals surface area contributed by atoms with Gasteiger partial charge < -0.3 is 23.1 Å². The lowest BCUT2D eigenvalue weighted by Crippen LogP contribution is -2.29.